The van der Waals surface area contributed by atoms with Crippen molar-refractivity contribution < 1.29 is 4.39 Å². The third-order valence-corrected chi connectivity index (χ3v) is 5.98. The third-order valence-electron chi connectivity index (χ3n) is 3.78. The second-order valence-electron chi connectivity index (χ2n) is 5.43. The molecule has 0 saturated carbocycles. The SMILES string of the molecule is Fc1ccc(-c2csc3ncnc(SCc4ccc(Cl)cc4)c23)cc1. The first-order valence-corrected chi connectivity index (χ1v) is 9.80. The fourth-order valence-corrected chi connectivity index (χ4v) is 4.61. The Kier molecular flexibility index (Phi) is 4.70. The minimum atomic E-state index is -0.239. The molecule has 4 rings (SSSR count). The molecule has 2 heterocycles. The molecule has 2 aromatic heterocycles. The van der Waals surface area contributed by atoms with Crippen LogP contribution >= 0.6 is 34.7 Å². The number of thiophene rings is 1. The van der Waals surface area contributed by atoms with Gasteiger partial charge in [0.2, 0.25) is 0 Å². The Morgan fingerprint density at radius 1 is 1.00 bits per heavy atom. The van der Waals surface area contributed by atoms with Crippen molar-refractivity contribution in [1.82, 2.24) is 9.97 Å². The van der Waals surface area contributed by atoms with Gasteiger partial charge in [-0.25, -0.2) is 14.4 Å². The van der Waals surface area contributed by atoms with Crippen LogP contribution in [0.3, 0.4) is 0 Å². The first kappa shape index (κ1) is 16.5. The van der Waals surface area contributed by atoms with E-state index in [2.05, 4.69) is 15.3 Å². The lowest BCUT2D eigenvalue weighted by atomic mass is 10.1. The largest absolute Gasteiger partial charge is 0.229 e. The zero-order valence-corrected chi connectivity index (χ0v) is 15.3. The van der Waals surface area contributed by atoms with Gasteiger partial charge >= 0.3 is 0 Å². The molecule has 0 amide bonds. The van der Waals surface area contributed by atoms with Gasteiger partial charge in [0, 0.05) is 21.7 Å². The van der Waals surface area contributed by atoms with Crippen LogP contribution in [-0.4, -0.2) is 9.97 Å². The predicted octanol–water partition coefficient (Wildman–Crippen LogP) is 6.44. The molecule has 0 radical (unpaired) electrons. The van der Waals surface area contributed by atoms with Crippen molar-refractivity contribution in [3.63, 3.8) is 0 Å². The van der Waals surface area contributed by atoms with E-state index < -0.39 is 0 Å². The molecule has 4 aromatic rings. The molecule has 124 valence electrons. The topological polar surface area (TPSA) is 25.8 Å². The lowest BCUT2D eigenvalue weighted by Crippen LogP contribution is -1.87. The highest BCUT2D eigenvalue weighted by molar-refractivity contribution is 7.98. The van der Waals surface area contributed by atoms with E-state index in [1.165, 1.54) is 17.7 Å². The monoisotopic (exact) mass is 386 g/mol. The van der Waals surface area contributed by atoms with Gasteiger partial charge in [-0.3, -0.25) is 0 Å². The van der Waals surface area contributed by atoms with Crippen molar-refractivity contribution >= 4 is 44.9 Å². The zero-order chi connectivity index (χ0) is 17.2. The van der Waals surface area contributed by atoms with Crippen LogP contribution in [0.5, 0.6) is 0 Å². The molecule has 0 N–H and O–H groups in total. The van der Waals surface area contributed by atoms with Gasteiger partial charge in [-0.15, -0.1) is 23.1 Å². The predicted molar refractivity (Wildman–Crippen MR) is 104 cm³/mol. The fourth-order valence-electron chi connectivity index (χ4n) is 2.53. The first-order chi connectivity index (χ1) is 12.2. The van der Waals surface area contributed by atoms with Crippen LogP contribution in [0.15, 0.2) is 65.3 Å². The van der Waals surface area contributed by atoms with E-state index in [9.17, 15) is 4.39 Å². The average Bonchev–Trinajstić information content (AvgIpc) is 3.07. The molecule has 0 bridgehead atoms. The highest BCUT2D eigenvalue weighted by atomic mass is 35.5. The van der Waals surface area contributed by atoms with Gasteiger partial charge in [0.15, 0.2) is 0 Å². The van der Waals surface area contributed by atoms with Crippen molar-refractivity contribution in [2.75, 3.05) is 0 Å². The Labute approximate surface area is 157 Å². The number of halogens is 2. The Hall–Kier alpha value is -1.95. The molecule has 0 aliphatic rings. The van der Waals surface area contributed by atoms with Crippen LogP contribution < -0.4 is 0 Å². The molecule has 0 atom stereocenters. The summed E-state index contributed by atoms with van der Waals surface area (Å²) in [6.07, 6.45) is 1.59. The van der Waals surface area contributed by atoms with Gasteiger partial charge in [0.1, 0.15) is 22.0 Å². The van der Waals surface area contributed by atoms with E-state index in [0.717, 1.165) is 37.1 Å². The minimum Gasteiger partial charge on any atom is -0.229 e. The third kappa shape index (κ3) is 3.54. The maximum absolute atomic E-state index is 13.2. The van der Waals surface area contributed by atoms with Gasteiger partial charge in [0.25, 0.3) is 0 Å². The Morgan fingerprint density at radius 2 is 1.76 bits per heavy atom. The molecule has 2 aromatic carbocycles. The second kappa shape index (κ2) is 7.12. The molecule has 0 aliphatic heterocycles. The summed E-state index contributed by atoms with van der Waals surface area (Å²) in [5.74, 6) is 0.555. The second-order valence-corrected chi connectivity index (χ2v) is 7.69. The van der Waals surface area contributed by atoms with Gasteiger partial charge in [-0.2, -0.15) is 0 Å². The Bertz CT molecular complexity index is 1010. The average molecular weight is 387 g/mol. The molecule has 25 heavy (non-hydrogen) atoms. The number of aromatic nitrogens is 2. The van der Waals surface area contributed by atoms with Gasteiger partial charge in [-0.1, -0.05) is 35.9 Å². The maximum Gasteiger partial charge on any atom is 0.128 e. The van der Waals surface area contributed by atoms with Crippen LogP contribution in [0.1, 0.15) is 5.56 Å². The van der Waals surface area contributed by atoms with Crippen molar-refractivity contribution in [2.45, 2.75) is 10.8 Å². The highest BCUT2D eigenvalue weighted by Gasteiger charge is 2.13. The van der Waals surface area contributed by atoms with Crippen molar-refractivity contribution in [1.29, 1.82) is 0 Å². The van der Waals surface area contributed by atoms with Crippen LogP contribution in [0.4, 0.5) is 4.39 Å². The molecule has 6 heteroatoms. The van der Waals surface area contributed by atoms with Crippen LogP contribution in [0.25, 0.3) is 21.3 Å². The minimum absolute atomic E-state index is 0.239. The Balaban J connectivity index is 1.70. The highest BCUT2D eigenvalue weighted by Crippen LogP contribution is 2.38. The summed E-state index contributed by atoms with van der Waals surface area (Å²) in [7, 11) is 0. The number of rotatable bonds is 4. The smallest absolute Gasteiger partial charge is 0.128 e. The number of thioether (sulfide) groups is 1. The van der Waals surface area contributed by atoms with E-state index in [4.69, 9.17) is 11.6 Å². The first-order valence-electron chi connectivity index (χ1n) is 7.56. The normalized spacial score (nSPS) is 11.1. The zero-order valence-electron chi connectivity index (χ0n) is 12.9. The van der Waals surface area contributed by atoms with E-state index >= 15 is 0 Å². The number of nitrogens with zero attached hydrogens (tertiary/aromatic N) is 2. The fraction of sp³-hybridized carbons (Fsp3) is 0.0526. The maximum atomic E-state index is 13.2. The van der Waals surface area contributed by atoms with E-state index in [0.29, 0.717) is 0 Å². The van der Waals surface area contributed by atoms with Gasteiger partial charge in [0.05, 0.1) is 5.39 Å². The van der Waals surface area contributed by atoms with E-state index in [-0.39, 0.29) is 5.82 Å². The summed E-state index contributed by atoms with van der Waals surface area (Å²) >= 11 is 9.18. The lowest BCUT2D eigenvalue weighted by Gasteiger charge is -2.06. The molecule has 0 aliphatic carbocycles. The van der Waals surface area contributed by atoms with Crippen LogP contribution in [0.2, 0.25) is 5.02 Å². The molecule has 0 fully saturated rings. The summed E-state index contributed by atoms with van der Waals surface area (Å²) in [6.45, 7) is 0. The quantitative estimate of drug-likeness (QED) is 0.298. The summed E-state index contributed by atoms with van der Waals surface area (Å²) in [5, 5.41) is 4.74. The summed E-state index contributed by atoms with van der Waals surface area (Å²) < 4.78 is 13.2. The van der Waals surface area contributed by atoms with Gasteiger partial charge in [-0.05, 0) is 35.4 Å². The van der Waals surface area contributed by atoms with Crippen molar-refractivity contribution in [3.05, 3.63) is 76.6 Å². The summed E-state index contributed by atoms with van der Waals surface area (Å²) in [6, 6.07) is 14.3. The standard InChI is InChI=1S/C19H12ClFN2S2/c20-14-5-1-12(2-6-14)9-24-18-17-16(10-25-19(17)23-11-22-18)13-3-7-15(21)8-4-13/h1-8,10-11H,9H2. The van der Waals surface area contributed by atoms with Gasteiger partial charge < -0.3 is 0 Å². The number of fused-ring (bicyclic) bond motifs is 1. The Morgan fingerprint density at radius 3 is 2.52 bits per heavy atom. The molecular weight excluding hydrogens is 375 g/mol. The number of hydrogen-bond donors (Lipinski definition) is 0. The van der Waals surface area contributed by atoms with Crippen LogP contribution in [0, 0.1) is 5.82 Å². The van der Waals surface area contributed by atoms with E-state index in [1.54, 1.807) is 41.6 Å². The molecule has 2 nitrogen and oxygen atoms in total. The number of hydrogen-bond acceptors (Lipinski definition) is 4. The van der Waals surface area contributed by atoms with Crippen LogP contribution in [-0.2, 0) is 5.75 Å². The van der Waals surface area contributed by atoms with E-state index in [1.807, 2.05) is 24.3 Å². The van der Waals surface area contributed by atoms with Crippen molar-refractivity contribution in [2.24, 2.45) is 0 Å². The summed E-state index contributed by atoms with van der Waals surface area (Å²) in [5.41, 5.74) is 3.19. The summed E-state index contributed by atoms with van der Waals surface area (Å²) in [4.78, 5) is 9.79. The lowest BCUT2D eigenvalue weighted by molar-refractivity contribution is 0.628. The molecule has 0 unspecified atom stereocenters. The molecular formula is C19H12ClFN2S2. The molecule has 0 saturated heterocycles. The number of benzene rings is 2. The van der Waals surface area contributed by atoms with Crippen molar-refractivity contribution in [3.8, 4) is 11.1 Å². The molecule has 0 spiro atoms.